The molecule has 0 aliphatic carbocycles. The highest BCUT2D eigenvalue weighted by molar-refractivity contribution is 5.95. The number of phenols is 1. The Morgan fingerprint density at radius 1 is 0.865 bits per heavy atom. The Kier molecular flexibility index (Phi) is 11.8. The van der Waals surface area contributed by atoms with Crippen LogP contribution in [0.25, 0.3) is 0 Å². The Morgan fingerprint density at radius 3 is 1.97 bits per heavy atom. The van der Waals surface area contributed by atoms with Gasteiger partial charge in [0.25, 0.3) is 5.91 Å². The van der Waals surface area contributed by atoms with Gasteiger partial charge in [-0.15, -0.1) is 0 Å². The van der Waals surface area contributed by atoms with Gasteiger partial charge in [-0.3, -0.25) is 14.5 Å². The van der Waals surface area contributed by atoms with Crippen LogP contribution in [0.3, 0.4) is 0 Å². The van der Waals surface area contributed by atoms with Crippen molar-refractivity contribution in [3.05, 3.63) is 101 Å². The maximum atomic E-state index is 11.2. The first-order chi connectivity index (χ1) is 17.6. The molecular weight excluding hydrogens is 464 g/mol. The third kappa shape index (κ3) is 9.73. The maximum Gasteiger partial charge on any atom is 0.322 e. The van der Waals surface area contributed by atoms with Crippen LogP contribution < -0.4 is 5.32 Å². The molecular formula is C31H40N2O4. The number of phenolic OH excluding ortho intramolecular Hbond substituents is 1. The molecule has 0 radical (unpaired) electrons. The number of rotatable bonds is 10. The zero-order chi connectivity index (χ0) is 27.4. The van der Waals surface area contributed by atoms with Crippen LogP contribution in [-0.4, -0.2) is 52.2 Å². The summed E-state index contributed by atoms with van der Waals surface area (Å²) in [7, 11) is 0. The van der Waals surface area contributed by atoms with Crippen molar-refractivity contribution in [1.82, 2.24) is 10.2 Å². The van der Waals surface area contributed by atoms with Crippen LogP contribution in [0.15, 0.2) is 78.9 Å². The molecule has 0 bridgehead atoms. The summed E-state index contributed by atoms with van der Waals surface area (Å²) in [6.07, 6.45) is 0.997. The molecule has 1 amide bonds. The number of carbonyl (C=O) groups excluding carboxylic acids is 1. The molecule has 198 valence electrons. The van der Waals surface area contributed by atoms with E-state index in [1.807, 2.05) is 18.2 Å². The van der Waals surface area contributed by atoms with Crippen molar-refractivity contribution < 1.29 is 19.8 Å². The second-order valence-electron chi connectivity index (χ2n) is 9.68. The van der Waals surface area contributed by atoms with Crippen molar-refractivity contribution in [2.24, 2.45) is 0 Å². The van der Waals surface area contributed by atoms with E-state index < -0.39 is 5.97 Å². The summed E-state index contributed by atoms with van der Waals surface area (Å²) in [6.45, 7) is 11.8. The van der Waals surface area contributed by atoms with Gasteiger partial charge in [-0.1, -0.05) is 66.2 Å². The lowest BCUT2D eigenvalue weighted by molar-refractivity contribution is -0.135. The van der Waals surface area contributed by atoms with Crippen LogP contribution in [0.5, 0.6) is 5.75 Å². The molecule has 3 aromatic carbocycles. The second-order valence-corrected chi connectivity index (χ2v) is 9.68. The number of hydrogen-bond donors (Lipinski definition) is 3. The largest absolute Gasteiger partial charge is 0.508 e. The fourth-order valence-electron chi connectivity index (χ4n) is 4.38. The topological polar surface area (TPSA) is 89.9 Å². The number of aryl methyl sites for hydroxylation is 1. The predicted octanol–water partition coefficient (Wildman–Crippen LogP) is 5.84. The van der Waals surface area contributed by atoms with E-state index in [4.69, 9.17) is 5.11 Å². The number of nitrogens with zero attached hydrogens (tertiary/aromatic N) is 1. The monoisotopic (exact) mass is 504 g/mol. The van der Waals surface area contributed by atoms with Crippen molar-refractivity contribution in [2.75, 3.05) is 13.1 Å². The molecule has 3 N–H and O–H groups in total. The number of hydrogen-bond acceptors (Lipinski definition) is 4. The normalized spacial score (nSPS) is 11.7. The highest BCUT2D eigenvalue weighted by Crippen LogP contribution is 2.35. The van der Waals surface area contributed by atoms with E-state index in [0.717, 1.165) is 18.5 Å². The Balaban J connectivity index is 0.000000312. The van der Waals surface area contributed by atoms with Gasteiger partial charge in [0.1, 0.15) is 12.3 Å². The van der Waals surface area contributed by atoms with Crippen LogP contribution in [0.4, 0.5) is 0 Å². The first-order valence-corrected chi connectivity index (χ1v) is 12.7. The van der Waals surface area contributed by atoms with Gasteiger partial charge in [0.15, 0.2) is 0 Å². The van der Waals surface area contributed by atoms with Crippen LogP contribution in [-0.2, 0) is 4.79 Å². The number of carboxylic acid groups (broad SMARTS) is 1. The highest BCUT2D eigenvalue weighted by Gasteiger charge is 2.21. The van der Waals surface area contributed by atoms with E-state index in [1.165, 1.54) is 11.1 Å². The fourth-order valence-corrected chi connectivity index (χ4v) is 4.38. The van der Waals surface area contributed by atoms with Gasteiger partial charge >= 0.3 is 5.97 Å². The minimum Gasteiger partial charge on any atom is -0.508 e. The van der Waals surface area contributed by atoms with E-state index in [2.05, 4.69) is 75.2 Å². The molecule has 0 aromatic heterocycles. The van der Waals surface area contributed by atoms with E-state index in [0.29, 0.717) is 23.4 Å². The van der Waals surface area contributed by atoms with Gasteiger partial charge in [-0.05, 0) is 71.3 Å². The molecule has 0 unspecified atom stereocenters. The molecule has 1 atom stereocenters. The molecule has 0 aliphatic rings. The standard InChI is InChI=1S/C22H31NO.C9H9NO3/c1-16(2)23(17(3)4)14-13-20(19-9-7-6-8-10-19)21-15-18(5)11-12-22(21)24;11-8(12)6-10-9(13)7-4-2-1-3-5-7/h6-12,15-17,20,24H,13-14H2,1-5H3;1-5H,6H2,(H,10,13)(H,11,12)/t20-;/m1./s1. The Labute approximate surface area is 221 Å². The zero-order valence-corrected chi connectivity index (χ0v) is 22.5. The molecule has 0 spiro atoms. The highest BCUT2D eigenvalue weighted by atomic mass is 16.4. The van der Waals surface area contributed by atoms with Crippen molar-refractivity contribution in [3.63, 3.8) is 0 Å². The molecule has 6 heteroatoms. The summed E-state index contributed by atoms with van der Waals surface area (Å²) in [6, 6.07) is 26.0. The molecule has 0 aliphatic heterocycles. The maximum absolute atomic E-state index is 11.2. The van der Waals surface area contributed by atoms with E-state index in [9.17, 15) is 14.7 Å². The number of benzene rings is 3. The van der Waals surface area contributed by atoms with Gasteiger partial charge in [0.05, 0.1) is 0 Å². The summed E-state index contributed by atoms with van der Waals surface area (Å²) in [5.74, 6) is -0.812. The molecule has 6 nitrogen and oxygen atoms in total. The molecule has 3 aromatic rings. The molecule has 3 rings (SSSR count). The second kappa shape index (κ2) is 14.8. The van der Waals surface area contributed by atoms with Gasteiger partial charge in [-0.25, -0.2) is 0 Å². The van der Waals surface area contributed by atoms with Crippen LogP contribution in [0, 0.1) is 6.92 Å². The summed E-state index contributed by atoms with van der Waals surface area (Å²) >= 11 is 0. The minimum atomic E-state index is -1.05. The third-order valence-electron chi connectivity index (χ3n) is 6.20. The number of aromatic hydroxyl groups is 1. The summed E-state index contributed by atoms with van der Waals surface area (Å²) in [5, 5.41) is 21.0. The van der Waals surface area contributed by atoms with E-state index in [1.54, 1.807) is 30.3 Å². The SMILES string of the molecule is Cc1ccc(O)c([C@H](CCN(C(C)C)C(C)C)c2ccccc2)c1.O=C(O)CNC(=O)c1ccccc1. The number of aliphatic carboxylic acids is 1. The van der Waals surface area contributed by atoms with Gasteiger partial charge in [-0.2, -0.15) is 0 Å². The van der Waals surface area contributed by atoms with Crippen molar-refractivity contribution in [1.29, 1.82) is 0 Å². The van der Waals surface area contributed by atoms with E-state index in [-0.39, 0.29) is 18.4 Å². The van der Waals surface area contributed by atoms with Gasteiger partial charge < -0.3 is 15.5 Å². The average Bonchev–Trinajstić information content (AvgIpc) is 2.88. The minimum absolute atomic E-state index is 0.214. The fraction of sp³-hybridized carbons (Fsp3) is 0.355. The summed E-state index contributed by atoms with van der Waals surface area (Å²) < 4.78 is 0. The average molecular weight is 505 g/mol. The number of amides is 1. The number of nitrogens with one attached hydrogen (secondary N) is 1. The van der Waals surface area contributed by atoms with Crippen molar-refractivity contribution in [3.8, 4) is 5.75 Å². The molecule has 37 heavy (non-hydrogen) atoms. The molecule has 0 heterocycles. The zero-order valence-electron chi connectivity index (χ0n) is 22.5. The lowest BCUT2D eigenvalue weighted by Crippen LogP contribution is -2.38. The van der Waals surface area contributed by atoms with Crippen LogP contribution in [0.2, 0.25) is 0 Å². The van der Waals surface area contributed by atoms with Gasteiger partial charge in [0.2, 0.25) is 0 Å². The lowest BCUT2D eigenvalue weighted by Gasteiger charge is -2.32. The van der Waals surface area contributed by atoms with Crippen LogP contribution >= 0.6 is 0 Å². The molecule has 0 saturated carbocycles. The van der Waals surface area contributed by atoms with Gasteiger partial charge in [0, 0.05) is 29.1 Å². The smallest absolute Gasteiger partial charge is 0.322 e. The Morgan fingerprint density at radius 2 is 1.43 bits per heavy atom. The van der Waals surface area contributed by atoms with E-state index >= 15 is 0 Å². The summed E-state index contributed by atoms with van der Waals surface area (Å²) in [4.78, 5) is 23.8. The number of carbonyl (C=O) groups is 2. The summed E-state index contributed by atoms with van der Waals surface area (Å²) in [5.41, 5.74) is 3.96. The third-order valence-corrected chi connectivity index (χ3v) is 6.20. The first kappa shape index (κ1) is 29.6. The Bertz CT molecular complexity index is 1110. The van der Waals surface area contributed by atoms with Crippen LogP contribution in [0.1, 0.15) is 67.1 Å². The first-order valence-electron chi connectivity index (χ1n) is 12.7. The quantitative estimate of drug-likeness (QED) is 0.323. The van der Waals surface area contributed by atoms with Crippen molar-refractivity contribution >= 4 is 11.9 Å². The lowest BCUT2D eigenvalue weighted by atomic mass is 9.87. The van der Waals surface area contributed by atoms with Crippen molar-refractivity contribution in [2.45, 2.75) is 59.0 Å². The molecule has 0 fully saturated rings. The molecule has 0 saturated heterocycles. The predicted molar refractivity (Wildman–Crippen MR) is 149 cm³/mol. The Hall–Kier alpha value is -3.64. The number of carboxylic acids is 1.